The number of ether oxygens (including phenoxy) is 1. The highest BCUT2D eigenvalue weighted by Crippen LogP contribution is 2.32. The molecule has 3 aromatic rings. The van der Waals surface area contributed by atoms with Crippen LogP contribution in [0.3, 0.4) is 0 Å². The average molecular weight is 397 g/mol. The Labute approximate surface area is 173 Å². The van der Waals surface area contributed by atoms with Gasteiger partial charge in [0.25, 0.3) is 0 Å². The van der Waals surface area contributed by atoms with Crippen molar-refractivity contribution in [2.24, 2.45) is 13.0 Å². The van der Waals surface area contributed by atoms with E-state index in [1.54, 1.807) is 20.3 Å². The highest BCUT2D eigenvalue weighted by atomic mass is 16.5. The van der Waals surface area contributed by atoms with Gasteiger partial charge in [0.15, 0.2) is 11.6 Å². The Hall–Kier alpha value is -2.87. The largest absolute Gasteiger partial charge is 0.488 e. The number of amides is 1. The van der Waals surface area contributed by atoms with Gasteiger partial charge in [-0.25, -0.2) is 4.52 Å². The molecule has 3 aromatic heterocycles. The number of likely N-dealkylation sites (N-methyl/N-ethyl adjacent to an activating group) is 1. The van der Waals surface area contributed by atoms with Gasteiger partial charge < -0.3 is 15.0 Å². The summed E-state index contributed by atoms with van der Waals surface area (Å²) in [7, 11) is 1.84. The van der Waals surface area contributed by atoms with Gasteiger partial charge >= 0.3 is 0 Å². The SMILES string of the molecule is [2H]C([2H])([2H])N1CCC[C@@H]1COc1cnn(C)c1-c1ccn2nc(NC(=O)C3CC3)cc2c1. The lowest BCUT2D eigenvalue weighted by atomic mass is 10.1. The summed E-state index contributed by atoms with van der Waals surface area (Å²) < 4.78 is 32.7. The lowest BCUT2D eigenvalue weighted by molar-refractivity contribution is -0.117. The molecular weight excluding hydrogens is 368 g/mol. The fraction of sp³-hybridized carbons (Fsp3) is 0.476. The molecule has 2 fully saturated rings. The van der Waals surface area contributed by atoms with Gasteiger partial charge in [0, 0.05) is 40.9 Å². The summed E-state index contributed by atoms with van der Waals surface area (Å²) in [6.45, 7) is -1.26. The molecule has 152 valence electrons. The Kier molecular flexibility index (Phi) is 3.72. The van der Waals surface area contributed by atoms with Gasteiger partial charge in [0.1, 0.15) is 12.3 Å². The number of anilines is 1. The minimum atomic E-state index is -2.11. The molecule has 0 radical (unpaired) electrons. The van der Waals surface area contributed by atoms with E-state index >= 15 is 0 Å². The lowest BCUT2D eigenvalue weighted by Gasteiger charge is -2.19. The van der Waals surface area contributed by atoms with Crippen molar-refractivity contribution in [2.75, 3.05) is 25.4 Å². The first-order chi connectivity index (χ1) is 15.3. The summed E-state index contributed by atoms with van der Waals surface area (Å²) in [4.78, 5) is 13.6. The molecule has 0 unspecified atom stereocenters. The van der Waals surface area contributed by atoms with Crippen LogP contribution in [0.2, 0.25) is 0 Å². The number of carbonyl (C=O) groups is 1. The lowest BCUT2D eigenvalue weighted by Crippen LogP contribution is -2.30. The van der Waals surface area contributed by atoms with Gasteiger partial charge in [-0.1, -0.05) is 0 Å². The van der Waals surface area contributed by atoms with Crippen LogP contribution in [0.5, 0.6) is 5.75 Å². The summed E-state index contributed by atoms with van der Waals surface area (Å²) in [5.41, 5.74) is 2.53. The van der Waals surface area contributed by atoms with Crippen LogP contribution in [0, 0.1) is 5.92 Å². The number of hydrogen-bond donors (Lipinski definition) is 1. The highest BCUT2D eigenvalue weighted by molar-refractivity contribution is 5.93. The summed E-state index contributed by atoms with van der Waals surface area (Å²) >= 11 is 0. The van der Waals surface area contributed by atoms with Gasteiger partial charge in [-0.3, -0.25) is 9.48 Å². The summed E-state index contributed by atoms with van der Waals surface area (Å²) in [6, 6.07) is 5.58. The third kappa shape index (κ3) is 3.60. The first-order valence-electron chi connectivity index (χ1n) is 11.5. The van der Waals surface area contributed by atoms with Gasteiger partial charge in [-0.05, 0) is 51.3 Å². The van der Waals surface area contributed by atoms with E-state index in [9.17, 15) is 4.79 Å². The monoisotopic (exact) mass is 397 g/mol. The van der Waals surface area contributed by atoms with Crippen LogP contribution in [0.15, 0.2) is 30.6 Å². The standard InChI is InChI=1S/C21H26N6O2/c1-25-8-3-4-16(25)13-29-18-12-22-26(2)20(18)15-7-9-27-17(10-15)11-19(24-27)23-21(28)14-5-6-14/h7,9-12,14,16H,3-6,8,13H2,1-2H3,(H,23,24,28)/t16-/m1/s1/i1D3. The number of pyridine rings is 1. The fourth-order valence-corrected chi connectivity index (χ4v) is 3.82. The molecular formula is C21H26N6O2. The van der Waals surface area contributed by atoms with Crippen molar-refractivity contribution in [3.05, 3.63) is 30.6 Å². The van der Waals surface area contributed by atoms with Crippen molar-refractivity contribution in [3.63, 3.8) is 0 Å². The molecule has 4 heterocycles. The quantitative estimate of drug-likeness (QED) is 0.692. The number of nitrogens with zero attached hydrogens (tertiary/aromatic N) is 5. The van der Waals surface area contributed by atoms with E-state index in [0.717, 1.165) is 42.5 Å². The molecule has 1 atom stereocenters. The predicted octanol–water partition coefficient (Wildman–Crippen LogP) is 2.56. The van der Waals surface area contributed by atoms with Gasteiger partial charge in [0.05, 0.1) is 11.7 Å². The Bertz CT molecular complexity index is 1150. The maximum absolute atomic E-state index is 12.0. The van der Waals surface area contributed by atoms with Crippen LogP contribution in [0.25, 0.3) is 16.8 Å². The van der Waals surface area contributed by atoms with E-state index in [0.29, 0.717) is 24.7 Å². The van der Waals surface area contributed by atoms with Crippen molar-refractivity contribution in [3.8, 4) is 17.0 Å². The van der Waals surface area contributed by atoms with Crippen LogP contribution >= 0.6 is 0 Å². The van der Waals surface area contributed by atoms with E-state index in [2.05, 4.69) is 15.5 Å². The molecule has 1 N–H and O–H groups in total. The second-order valence-electron chi connectivity index (χ2n) is 7.86. The molecule has 8 nitrogen and oxygen atoms in total. The Morgan fingerprint density at radius 1 is 1.38 bits per heavy atom. The van der Waals surface area contributed by atoms with E-state index in [4.69, 9.17) is 8.85 Å². The second-order valence-corrected chi connectivity index (χ2v) is 7.86. The molecule has 1 aliphatic heterocycles. The Morgan fingerprint density at radius 3 is 3.10 bits per heavy atom. The Balaban J connectivity index is 1.35. The maximum Gasteiger partial charge on any atom is 0.228 e. The molecule has 1 aliphatic carbocycles. The molecule has 0 spiro atoms. The molecule has 0 bridgehead atoms. The number of fused-ring (bicyclic) bond motifs is 1. The van der Waals surface area contributed by atoms with E-state index < -0.39 is 6.98 Å². The maximum atomic E-state index is 12.0. The number of rotatable bonds is 6. The van der Waals surface area contributed by atoms with Crippen molar-refractivity contribution in [1.82, 2.24) is 24.3 Å². The number of hydrogen-bond acceptors (Lipinski definition) is 5. The summed E-state index contributed by atoms with van der Waals surface area (Å²) in [5, 5.41) is 11.6. The topological polar surface area (TPSA) is 76.7 Å². The molecule has 1 saturated heterocycles. The van der Waals surface area contributed by atoms with Crippen molar-refractivity contribution in [1.29, 1.82) is 0 Å². The van der Waals surface area contributed by atoms with Gasteiger partial charge in [0.2, 0.25) is 5.91 Å². The van der Waals surface area contributed by atoms with Crippen LogP contribution in [0.4, 0.5) is 5.82 Å². The van der Waals surface area contributed by atoms with E-state index in [-0.39, 0.29) is 17.9 Å². The molecule has 5 rings (SSSR count). The van der Waals surface area contributed by atoms with E-state index in [1.807, 2.05) is 31.4 Å². The van der Waals surface area contributed by atoms with Gasteiger partial charge in [-0.2, -0.15) is 10.2 Å². The van der Waals surface area contributed by atoms with E-state index in [1.165, 1.54) is 0 Å². The average Bonchev–Trinajstić information content (AvgIpc) is 3.16. The Morgan fingerprint density at radius 2 is 2.28 bits per heavy atom. The second kappa shape index (κ2) is 7.18. The van der Waals surface area contributed by atoms with Crippen LogP contribution in [-0.4, -0.2) is 56.4 Å². The van der Waals surface area contributed by atoms with Crippen molar-refractivity contribution >= 4 is 17.2 Å². The molecule has 29 heavy (non-hydrogen) atoms. The van der Waals surface area contributed by atoms with Crippen LogP contribution in [0.1, 0.15) is 29.8 Å². The summed E-state index contributed by atoms with van der Waals surface area (Å²) in [6.07, 6.45) is 7.03. The van der Waals surface area contributed by atoms with Gasteiger partial charge in [-0.15, -0.1) is 0 Å². The number of nitrogens with one attached hydrogen (secondary N) is 1. The van der Waals surface area contributed by atoms with Crippen LogP contribution < -0.4 is 10.1 Å². The first-order valence-corrected chi connectivity index (χ1v) is 10.0. The van der Waals surface area contributed by atoms with Crippen LogP contribution in [-0.2, 0) is 11.8 Å². The summed E-state index contributed by atoms with van der Waals surface area (Å²) in [5.74, 6) is 1.28. The number of carbonyl (C=O) groups excluding carboxylic acids is 1. The molecule has 8 heteroatoms. The zero-order chi connectivity index (χ0) is 22.5. The smallest absolute Gasteiger partial charge is 0.228 e. The van der Waals surface area contributed by atoms with Crippen molar-refractivity contribution in [2.45, 2.75) is 31.7 Å². The molecule has 0 aromatic carbocycles. The molecule has 1 saturated carbocycles. The zero-order valence-electron chi connectivity index (χ0n) is 19.3. The normalized spacial score (nSPS) is 21.7. The first kappa shape index (κ1) is 15.0. The third-order valence-electron chi connectivity index (χ3n) is 5.65. The zero-order valence-corrected chi connectivity index (χ0v) is 16.3. The third-order valence-corrected chi connectivity index (χ3v) is 5.65. The molecule has 1 amide bonds. The minimum absolute atomic E-state index is 0.0222. The number of aromatic nitrogens is 4. The fourth-order valence-electron chi connectivity index (χ4n) is 3.82. The molecule has 2 aliphatic rings. The number of likely N-dealkylation sites (tertiary alicyclic amines) is 1. The van der Waals surface area contributed by atoms with Crippen molar-refractivity contribution < 1.29 is 13.6 Å². The number of aryl methyl sites for hydroxylation is 1. The predicted molar refractivity (Wildman–Crippen MR) is 110 cm³/mol. The highest BCUT2D eigenvalue weighted by Gasteiger charge is 2.30. The minimum Gasteiger partial charge on any atom is -0.488 e.